The fraction of sp³-hybridized carbons (Fsp3) is 0.429. The predicted octanol–water partition coefficient (Wildman–Crippen LogP) is 3.02. The maximum absolute atomic E-state index is 12.5. The smallest absolute Gasteiger partial charge is 0.433 e. The summed E-state index contributed by atoms with van der Waals surface area (Å²) in [5.41, 5.74) is -0.243. The highest BCUT2D eigenvalue weighted by molar-refractivity contribution is 5.80. The number of alkyl halides is 3. The highest BCUT2D eigenvalue weighted by Gasteiger charge is 2.38. The van der Waals surface area contributed by atoms with Crippen molar-refractivity contribution in [3.05, 3.63) is 51.4 Å². The van der Waals surface area contributed by atoms with E-state index in [1.54, 1.807) is 0 Å². The third kappa shape index (κ3) is 4.05. The minimum absolute atomic E-state index is 0.116. The average molecular weight is 330 g/mol. The van der Waals surface area contributed by atoms with Crippen LogP contribution < -0.4 is 0 Å². The number of carboxylic acid groups (broad SMARTS) is 1. The second kappa shape index (κ2) is 6.35. The van der Waals surface area contributed by atoms with Crippen molar-refractivity contribution in [3.63, 3.8) is 0 Å². The van der Waals surface area contributed by atoms with Crippen molar-refractivity contribution in [2.24, 2.45) is 0 Å². The Morgan fingerprint density at radius 2 is 2.13 bits per heavy atom. The van der Waals surface area contributed by atoms with Crippen LogP contribution in [0, 0.1) is 10.1 Å². The van der Waals surface area contributed by atoms with Crippen molar-refractivity contribution in [1.82, 2.24) is 4.98 Å². The van der Waals surface area contributed by atoms with Crippen molar-refractivity contribution >= 4 is 5.97 Å². The lowest BCUT2D eigenvalue weighted by Gasteiger charge is -2.27. The van der Waals surface area contributed by atoms with Crippen LogP contribution in [0.1, 0.15) is 36.4 Å². The first-order chi connectivity index (χ1) is 10.7. The molecule has 124 valence electrons. The fourth-order valence-corrected chi connectivity index (χ4v) is 2.75. The van der Waals surface area contributed by atoms with Gasteiger partial charge in [-0.3, -0.25) is 15.1 Å². The molecule has 9 heteroatoms. The van der Waals surface area contributed by atoms with Crippen LogP contribution in [0.3, 0.4) is 0 Å². The van der Waals surface area contributed by atoms with Crippen LogP contribution in [0.15, 0.2) is 30.0 Å². The molecule has 1 aromatic rings. The number of aromatic nitrogens is 1. The van der Waals surface area contributed by atoms with Crippen LogP contribution in [0.4, 0.5) is 13.2 Å². The van der Waals surface area contributed by atoms with Gasteiger partial charge in [0.1, 0.15) is 5.69 Å². The molecule has 1 aliphatic carbocycles. The fourth-order valence-electron chi connectivity index (χ4n) is 2.75. The summed E-state index contributed by atoms with van der Waals surface area (Å²) in [7, 11) is 0. The lowest BCUT2D eigenvalue weighted by atomic mass is 9.78. The van der Waals surface area contributed by atoms with E-state index in [1.807, 2.05) is 0 Å². The number of aliphatic carboxylic acids is 1. The minimum atomic E-state index is -4.58. The largest absolute Gasteiger partial charge is 0.478 e. The molecule has 0 spiro atoms. The molecule has 0 radical (unpaired) electrons. The molecule has 1 heterocycles. The van der Waals surface area contributed by atoms with Crippen LogP contribution in [0.2, 0.25) is 0 Å². The quantitative estimate of drug-likeness (QED) is 0.522. The summed E-state index contributed by atoms with van der Waals surface area (Å²) in [5, 5.41) is 19.9. The van der Waals surface area contributed by atoms with Gasteiger partial charge in [-0.2, -0.15) is 13.2 Å². The second-order valence-corrected chi connectivity index (χ2v) is 5.32. The third-order valence-electron chi connectivity index (χ3n) is 3.81. The number of nitrogens with zero attached hydrogens (tertiary/aromatic N) is 2. The van der Waals surface area contributed by atoms with E-state index in [0.29, 0.717) is 11.1 Å². The number of nitro groups is 1. The molecule has 23 heavy (non-hydrogen) atoms. The van der Waals surface area contributed by atoms with Crippen LogP contribution in [0.5, 0.6) is 0 Å². The second-order valence-electron chi connectivity index (χ2n) is 5.32. The molecule has 2 atom stereocenters. The molecule has 6 nitrogen and oxygen atoms in total. The summed E-state index contributed by atoms with van der Waals surface area (Å²) >= 11 is 0. The highest BCUT2D eigenvalue weighted by Crippen LogP contribution is 2.38. The summed E-state index contributed by atoms with van der Waals surface area (Å²) in [5.74, 6) is -1.84. The molecule has 2 rings (SSSR count). The number of halogens is 3. The predicted molar refractivity (Wildman–Crippen MR) is 72.3 cm³/mol. The van der Waals surface area contributed by atoms with Gasteiger partial charge in [-0.05, 0) is 24.5 Å². The molecule has 1 aromatic heterocycles. The Kier molecular flexibility index (Phi) is 4.67. The molecule has 0 saturated heterocycles. The molecule has 2 unspecified atom stereocenters. The molecule has 1 aliphatic rings. The van der Waals surface area contributed by atoms with E-state index in [1.165, 1.54) is 6.07 Å². The topological polar surface area (TPSA) is 93.3 Å². The van der Waals surface area contributed by atoms with Gasteiger partial charge in [0, 0.05) is 23.6 Å². The van der Waals surface area contributed by atoms with E-state index in [0.717, 1.165) is 18.3 Å². The zero-order chi connectivity index (χ0) is 17.2. The SMILES string of the molecule is O=C(O)C=C1CCC([N+](=O)[O-])C(c2ccc(C(F)(F)F)nc2)C1. The normalized spacial score (nSPS) is 23.7. The van der Waals surface area contributed by atoms with Crippen molar-refractivity contribution in [2.45, 2.75) is 37.4 Å². The van der Waals surface area contributed by atoms with Crippen LogP contribution >= 0.6 is 0 Å². The molecule has 1 saturated carbocycles. The summed E-state index contributed by atoms with van der Waals surface area (Å²) < 4.78 is 37.6. The van der Waals surface area contributed by atoms with Gasteiger partial charge in [0.2, 0.25) is 6.04 Å². The number of carboxylic acids is 1. The summed E-state index contributed by atoms with van der Waals surface area (Å²) in [6.45, 7) is 0. The number of pyridine rings is 1. The molecule has 1 N–H and O–H groups in total. The van der Waals surface area contributed by atoms with Gasteiger partial charge in [0.25, 0.3) is 0 Å². The lowest BCUT2D eigenvalue weighted by Crippen LogP contribution is -2.31. The van der Waals surface area contributed by atoms with E-state index >= 15 is 0 Å². The zero-order valence-corrected chi connectivity index (χ0v) is 11.8. The van der Waals surface area contributed by atoms with Gasteiger partial charge < -0.3 is 5.11 Å². The Balaban J connectivity index is 2.31. The third-order valence-corrected chi connectivity index (χ3v) is 3.81. The molecule has 1 fully saturated rings. The lowest BCUT2D eigenvalue weighted by molar-refractivity contribution is -0.529. The molecular weight excluding hydrogens is 317 g/mol. The maximum atomic E-state index is 12.5. The van der Waals surface area contributed by atoms with E-state index in [2.05, 4.69) is 4.98 Å². The van der Waals surface area contributed by atoms with Gasteiger partial charge in [0.05, 0.1) is 5.92 Å². The number of rotatable bonds is 3. The number of hydrogen-bond acceptors (Lipinski definition) is 4. The van der Waals surface area contributed by atoms with Gasteiger partial charge >= 0.3 is 12.1 Å². The van der Waals surface area contributed by atoms with Crippen molar-refractivity contribution in [3.8, 4) is 0 Å². The van der Waals surface area contributed by atoms with Gasteiger partial charge in [-0.25, -0.2) is 4.79 Å². The van der Waals surface area contributed by atoms with Crippen molar-refractivity contribution < 1.29 is 28.0 Å². The van der Waals surface area contributed by atoms with Gasteiger partial charge in [-0.1, -0.05) is 11.6 Å². The number of hydrogen-bond donors (Lipinski definition) is 1. The summed E-state index contributed by atoms with van der Waals surface area (Å²) in [4.78, 5) is 24.7. The zero-order valence-electron chi connectivity index (χ0n) is 11.8. The van der Waals surface area contributed by atoms with Gasteiger partial charge in [-0.15, -0.1) is 0 Å². The van der Waals surface area contributed by atoms with E-state index < -0.39 is 34.7 Å². The summed E-state index contributed by atoms with van der Waals surface area (Å²) in [6, 6.07) is 0.974. The molecule has 0 amide bonds. The molecular formula is C14H13F3N2O4. The van der Waals surface area contributed by atoms with Crippen molar-refractivity contribution in [1.29, 1.82) is 0 Å². The van der Waals surface area contributed by atoms with E-state index in [9.17, 15) is 28.1 Å². The number of carbonyl (C=O) groups is 1. The van der Waals surface area contributed by atoms with Crippen LogP contribution in [0.25, 0.3) is 0 Å². The van der Waals surface area contributed by atoms with Crippen LogP contribution in [-0.2, 0) is 11.0 Å². The summed E-state index contributed by atoms with van der Waals surface area (Å²) in [6.07, 6.45) is -2.07. The molecule has 0 aromatic carbocycles. The Morgan fingerprint density at radius 3 is 2.61 bits per heavy atom. The minimum Gasteiger partial charge on any atom is -0.478 e. The first-order valence-electron chi connectivity index (χ1n) is 6.77. The molecule has 0 bridgehead atoms. The highest BCUT2D eigenvalue weighted by atomic mass is 19.4. The first kappa shape index (κ1) is 16.9. The first-order valence-corrected chi connectivity index (χ1v) is 6.77. The molecule has 0 aliphatic heterocycles. The maximum Gasteiger partial charge on any atom is 0.433 e. The monoisotopic (exact) mass is 330 g/mol. The number of allylic oxidation sites excluding steroid dienone is 1. The Labute approximate surface area is 128 Å². The van der Waals surface area contributed by atoms with Crippen LogP contribution in [-0.4, -0.2) is 27.0 Å². The van der Waals surface area contributed by atoms with E-state index in [4.69, 9.17) is 5.11 Å². The van der Waals surface area contributed by atoms with Gasteiger partial charge in [0.15, 0.2) is 0 Å². The Morgan fingerprint density at radius 1 is 1.43 bits per heavy atom. The van der Waals surface area contributed by atoms with Crippen molar-refractivity contribution in [2.75, 3.05) is 0 Å². The Bertz CT molecular complexity index is 640. The standard InChI is InChI=1S/C14H13F3N2O4/c15-14(16,17)12-4-2-9(7-18-12)10-5-8(6-13(20)21)1-3-11(10)19(22)23/h2,4,6-7,10-11H,1,3,5H2,(H,20,21). The average Bonchev–Trinajstić information content (AvgIpc) is 2.45. The van der Waals surface area contributed by atoms with E-state index in [-0.39, 0.29) is 19.3 Å². The Hall–Kier alpha value is -2.45.